The van der Waals surface area contributed by atoms with Gasteiger partial charge in [0.25, 0.3) is 0 Å². The van der Waals surface area contributed by atoms with E-state index in [1.165, 1.54) is 19.3 Å². The molecule has 0 spiro atoms. The molecule has 0 aliphatic heterocycles. The van der Waals surface area contributed by atoms with E-state index in [1.54, 1.807) is 0 Å². The number of carbonyl (C=O) groups is 3. The maximum atomic E-state index is 12.6. The number of carboxylic acid groups (broad SMARTS) is 1. The first-order valence-corrected chi connectivity index (χ1v) is 24.4. The fourth-order valence-electron chi connectivity index (χ4n) is 5.43. The van der Waals surface area contributed by atoms with Gasteiger partial charge in [-0.1, -0.05) is 149 Å². The van der Waals surface area contributed by atoms with Crippen LogP contribution in [0.2, 0.25) is 0 Å². The molecule has 350 valence electrons. The van der Waals surface area contributed by atoms with Crippen molar-refractivity contribution in [3.05, 3.63) is 109 Å². The van der Waals surface area contributed by atoms with Gasteiger partial charge in [0.1, 0.15) is 12.6 Å². The lowest BCUT2D eigenvalue weighted by atomic mass is 10.1. The molecule has 4 N–H and O–H groups in total. The molecule has 0 heterocycles. The summed E-state index contributed by atoms with van der Waals surface area (Å²) in [5.74, 6) is -2.48. The van der Waals surface area contributed by atoms with Gasteiger partial charge in [-0.05, 0) is 103 Å². The van der Waals surface area contributed by atoms with E-state index in [4.69, 9.17) is 24.8 Å². The van der Waals surface area contributed by atoms with Crippen LogP contribution >= 0.6 is 7.82 Å². The van der Waals surface area contributed by atoms with Gasteiger partial charge < -0.3 is 25.2 Å². The molecular formula is C50H80NO10P. The Balaban J connectivity index is 4.49. The van der Waals surface area contributed by atoms with Crippen LogP contribution in [0.15, 0.2) is 109 Å². The molecule has 0 aromatic heterocycles. The number of carbonyl (C=O) groups excluding carboxylic acids is 2. The minimum absolute atomic E-state index is 0.109. The second kappa shape index (κ2) is 43.8. The highest BCUT2D eigenvalue weighted by Gasteiger charge is 2.28. The number of hydrogen-bond acceptors (Lipinski definition) is 9. The number of phosphoric ester groups is 1. The summed E-state index contributed by atoms with van der Waals surface area (Å²) in [7, 11) is -4.74. The van der Waals surface area contributed by atoms with Gasteiger partial charge >= 0.3 is 25.7 Å². The first-order valence-electron chi connectivity index (χ1n) is 22.9. The quantitative estimate of drug-likeness (QED) is 0.0231. The number of carboxylic acids is 1. The summed E-state index contributed by atoms with van der Waals surface area (Å²) in [6, 6.07) is -1.54. The average molecular weight is 886 g/mol. The number of nitrogens with two attached hydrogens (primary N) is 1. The van der Waals surface area contributed by atoms with Crippen LogP contribution in [0.25, 0.3) is 0 Å². The standard InChI is InChI=1S/C50H80NO10P/c1-3-5-7-9-11-13-15-17-19-21-23-25-27-29-31-33-35-37-39-41-48(52)58-43-46(44-59-62(56,57)60-45-47(51)50(54)55)61-49(53)42-40-38-36-34-32-30-28-26-24-22-20-18-16-14-12-10-8-6-4-2/h5,7,11-14,17-20,23-26,29-32,46-47H,3-4,6,8-10,15-16,21-22,27-28,33-45,51H2,1-2H3,(H,54,55)(H,56,57)/b7-5+,13-11+,14-12+,19-17+,20-18+,25-23+,26-24+,31-29+,32-30+/t46-,47+/m1/s1. The van der Waals surface area contributed by atoms with E-state index in [0.717, 1.165) is 96.3 Å². The van der Waals surface area contributed by atoms with Crippen LogP contribution in [0, 0.1) is 0 Å². The molecule has 0 aliphatic carbocycles. The van der Waals surface area contributed by atoms with Gasteiger partial charge in [-0.3, -0.25) is 23.4 Å². The van der Waals surface area contributed by atoms with Crippen molar-refractivity contribution in [3.8, 4) is 0 Å². The molecule has 0 aromatic rings. The Morgan fingerprint density at radius 2 is 0.903 bits per heavy atom. The van der Waals surface area contributed by atoms with Crippen LogP contribution in [0.1, 0.15) is 155 Å². The zero-order valence-electron chi connectivity index (χ0n) is 37.9. The molecule has 0 aliphatic rings. The summed E-state index contributed by atoms with van der Waals surface area (Å²) in [5.41, 5.74) is 5.33. The third kappa shape index (κ3) is 42.8. The zero-order chi connectivity index (χ0) is 45.6. The van der Waals surface area contributed by atoms with Gasteiger partial charge in [0.05, 0.1) is 13.2 Å². The van der Waals surface area contributed by atoms with Crippen molar-refractivity contribution in [2.45, 2.75) is 167 Å². The number of hydrogen-bond donors (Lipinski definition) is 3. The van der Waals surface area contributed by atoms with Crippen molar-refractivity contribution in [2.24, 2.45) is 5.73 Å². The molecule has 0 radical (unpaired) electrons. The molecule has 0 amide bonds. The highest BCUT2D eigenvalue weighted by molar-refractivity contribution is 7.47. The topological polar surface area (TPSA) is 172 Å². The summed E-state index contributed by atoms with van der Waals surface area (Å²) < 4.78 is 32.7. The van der Waals surface area contributed by atoms with Crippen molar-refractivity contribution in [2.75, 3.05) is 19.8 Å². The Morgan fingerprint density at radius 1 is 0.516 bits per heavy atom. The summed E-state index contributed by atoms with van der Waals surface area (Å²) in [6.45, 7) is 2.58. The molecular weight excluding hydrogens is 806 g/mol. The Bertz CT molecular complexity index is 1460. The van der Waals surface area contributed by atoms with Crippen molar-refractivity contribution in [1.29, 1.82) is 0 Å². The largest absolute Gasteiger partial charge is 0.480 e. The Kier molecular flexibility index (Phi) is 41.0. The molecule has 0 bridgehead atoms. The number of allylic oxidation sites excluding steroid dienone is 18. The minimum atomic E-state index is -4.74. The van der Waals surface area contributed by atoms with Crippen molar-refractivity contribution < 1.29 is 47.5 Å². The minimum Gasteiger partial charge on any atom is -0.480 e. The van der Waals surface area contributed by atoms with Crippen LogP contribution in [0.3, 0.4) is 0 Å². The third-order valence-corrected chi connectivity index (χ3v) is 9.96. The van der Waals surface area contributed by atoms with E-state index in [2.05, 4.69) is 128 Å². The van der Waals surface area contributed by atoms with Crippen LogP contribution in [-0.2, 0) is 37.5 Å². The van der Waals surface area contributed by atoms with Crippen LogP contribution in [-0.4, -0.2) is 59.9 Å². The van der Waals surface area contributed by atoms with E-state index in [-0.39, 0.29) is 19.4 Å². The second-order valence-corrected chi connectivity index (χ2v) is 16.2. The first-order chi connectivity index (χ1) is 30.1. The van der Waals surface area contributed by atoms with Crippen LogP contribution in [0.4, 0.5) is 0 Å². The molecule has 0 saturated carbocycles. The van der Waals surface area contributed by atoms with Gasteiger partial charge in [-0.15, -0.1) is 0 Å². The number of phosphoric acid groups is 1. The van der Waals surface area contributed by atoms with Crippen LogP contribution in [0.5, 0.6) is 0 Å². The van der Waals surface area contributed by atoms with Gasteiger partial charge in [0, 0.05) is 12.8 Å². The smallest absolute Gasteiger partial charge is 0.472 e. The maximum Gasteiger partial charge on any atom is 0.472 e. The molecule has 0 saturated heterocycles. The maximum absolute atomic E-state index is 12.6. The molecule has 1 unspecified atom stereocenters. The summed E-state index contributed by atoms with van der Waals surface area (Å²) in [5, 5.41) is 8.90. The van der Waals surface area contributed by atoms with Crippen LogP contribution < -0.4 is 5.73 Å². The molecule has 0 aromatic carbocycles. The first kappa shape index (κ1) is 58.1. The Labute approximate surface area is 374 Å². The highest BCUT2D eigenvalue weighted by Crippen LogP contribution is 2.43. The van der Waals surface area contributed by atoms with Gasteiger partial charge in [0.15, 0.2) is 6.10 Å². The molecule has 0 fully saturated rings. The molecule has 0 rings (SSSR count). The van der Waals surface area contributed by atoms with E-state index < -0.39 is 51.1 Å². The lowest BCUT2D eigenvalue weighted by Crippen LogP contribution is -2.34. The Hall–Kier alpha value is -3.86. The normalized spacial score (nSPS) is 14.6. The monoisotopic (exact) mass is 886 g/mol. The van der Waals surface area contributed by atoms with Crippen molar-refractivity contribution >= 4 is 25.7 Å². The predicted molar refractivity (Wildman–Crippen MR) is 253 cm³/mol. The van der Waals surface area contributed by atoms with E-state index >= 15 is 0 Å². The van der Waals surface area contributed by atoms with E-state index in [0.29, 0.717) is 12.8 Å². The summed E-state index contributed by atoms with van der Waals surface area (Å²) in [6.07, 6.45) is 57.2. The highest BCUT2D eigenvalue weighted by atomic mass is 31.2. The fraction of sp³-hybridized carbons (Fsp3) is 0.580. The number of ether oxygens (including phenoxy) is 2. The summed E-state index contributed by atoms with van der Waals surface area (Å²) >= 11 is 0. The fourth-order valence-corrected chi connectivity index (χ4v) is 6.20. The Morgan fingerprint density at radius 3 is 1.32 bits per heavy atom. The molecule has 11 nitrogen and oxygen atoms in total. The number of esters is 2. The number of aliphatic carboxylic acids is 1. The van der Waals surface area contributed by atoms with E-state index in [9.17, 15) is 23.8 Å². The predicted octanol–water partition coefficient (Wildman–Crippen LogP) is 12.6. The average Bonchev–Trinajstić information content (AvgIpc) is 3.25. The lowest BCUT2D eigenvalue weighted by Gasteiger charge is -2.20. The van der Waals surface area contributed by atoms with Gasteiger partial charge in [0.2, 0.25) is 0 Å². The SMILES string of the molecule is CC/C=C/C/C=C/C/C=C/C/C=C/C/C=C/CCCCCC(=O)OC[C@H](COP(=O)(O)OC[C@H](N)C(=O)O)OC(=O)CCCCC/C=C/C/C=C/C/C=C/C/C=C/CCCCC. The van der Waals surface area contributed by atoms with Gasteiger partial charge in [-0.25, -0.2) is 4.57 Å². The number of unbranched alkanes of at least 4 members (excludes halogenated alkanes) is 9. The van der Waals surface area contributed by atoms with E-state index in [1.807, 2.05) is 0 Å². The van der Waals surface area contributed by atoms with Crippen molar-refractivity contribution in [3.63, 3.8) is 0 Å². The molecule has 62 heavy (non-hydrogen) atoms. The van der Waals surface area contributed by atoms with Crippen molar-refractivity contribution in [1.82, 2.24) is 0 Å². The zero-order valence-corrected chi connectivity index (χ0v) is 38.8. The second-order valence-electron chi connectivity index (χ2n) is 14.8. The molecule has 12 heteroatoms. The molecule has 3 atom stereocenters. The number of rotatable bonds is 41. The third-order valence-electron chi connectivity index (χ3n) is 9.00. The van der Waals surface area contributed by atoms with Gasteiger partial charge in [-0.2, -0.15) is 0 Å². The summed E-state index contributed by atoms with van der Waals surface area (Å²) in [4.78, 5) is 46.0. The lowest BCUT2D eigenvalue weighted by molar-refractivity contribution is -0.161.